The minimum Gasteiger partial charge on any atom is -0.494 e. The lowest BCUT2D eigenvalue weighted by atomic mass is 10.2. The minimum absolute atomic E-state index is 0.202. The van der Waals surface area contributed by atoms with Crippen LogP contribution >= 0.6 is 0 Å². The van der Waals surface area contributed by atoms with Crippen molar-refractivity contribution >= 4 is 10.0 Å². The summed E-state index contributed by atoms with van der Waals surface area (Å²) in [6.07, 6.45) is 0.443. The van der Waals surface area contributed by atoms with Crippen LogP contribution in [-0.4, -0.2) is 26.6 Å². The van der Waals surface area contributed by atoms with Crippen molar-refractivity contribution in [2.75, 3.05) is 13.2 Å². The average molecular weight is 386 g/mol. The number of benzene rings is 2. The molecule has 0 saturated carbocycles. The zero-order valence-corrected chi connectivity index (χ0v) is 16.1. The van der Waals surface area contributed by atoms with Gasteiger partial charge in [-0.2, -0.15) is 0 Å². The first-order chi connectivity index (χ1) is 13.0. The van der Waals surface area contributed by atoms with Crippen LogP contribution in [0.1, 0.15) is 18.4 Å². The molecule has 7 heteroatoms. The fourth-order valence-corrected chi connectivity index (χ4v) is 3.66. The Morgan fingerprint density at radius 1 is 1.07 bits per heavy atom. The van der Waals surface area contributed by atoms with E-state index >= 15 is 0 Å². The highest BCUT2D eigenvalue weighted by Crippen LogP contribution is 2.21. The third kappa shape index (κ3) is 4.75. The normalized spacial score (nSPS) is 11.5. The number of nitrogens with zero attached hydrogens (tertiary/aromatic N) is 1. The molecule has 0 unspecified atom stereocenters. The summed E-state index contributed by atoms with van der Waals surface area (Å²) in [7, 11) is -3.58. The van der Waals surface area contributed by atoms with Crippen LogP contribution in [0.3, 0.4) is 0 Å². The summed E-state index contributed by atoms with van der Waals surface area (Å²) in [5.41, 5.74) is 1.63. The molecule has 1 aromatic heterocycles. The second-order valence-corrected chi connectivity index (χ2v) is 7.71. The Bertz CT molecular complexity index is 981. The first-order valence-electron chi connectivity index (χ1n) is 8.74. The van der Waals surface area contributed by atoms with Crippen LogP contribution < -0.4 is 9.46 Å². The lowest BCUT2D eigenvalue weighted by Crippen LogP contribution is -2.26. The van der Waals surface area contributed by atoms with Gasteiger partial charge >= 0.3 is 0 Å². The van der Waals surface area contributed by atoms with Crippen LogP contribution in [0.15, 0.2) is 63.9 Å². The molecule has 27 heavy (non-hydrogen) atoms. The van der Waals surface area contributed by atoms with E-state index in [1.54, 1.807) is 12.1 Å². The Kier molecular flexibility index (Phi) is 5.93. The molecule has 3 aromatic rings. The molecule has 1 N–H and O–H groups in total. The van der Waals surface area contributed by atoms with Crippen LogP contribution in [-0.2, 0) is 16.4 Å². The zero-order chi connectivity index (χ0) is 19.3. The van der Waals surface area contributed by atoms with Gasteiger partial charge < -0.3 is 9.15 Å². The zero-order valence-electron chi connectivity index (χ0n) is 15.3. The number of rotatable bonds is 8. The monoisotopic (exact) mass is 386 g/mol. The van der Waals surface area contributed by atoms with Crippen molar-refractivity contribution in [2.24, 2.45) is 0 Å². The molecule has 6 nitrogen and oxygen atoms in total. The third-order valence-electron chi connectivity index (χ3n) is 4.01. The Morgan fingerprint density at radius 3 is 2.44 bits per heavy atom. The van der Waals surface area contributed by atoms with Gasteiger partial charge in [-0.05, 0) is 50.2 Å². The second kappa shape index (κ2) is 8.37. The van der Waals surface area contributed by atoms with Crippen molar-refractivity contribution in [2.45, 2.75) is 25.2 Å². The van der Waals surface area contributed by atoms with Crippen molar-refractivity contribution in [3.63, 3.8) is 0 Å². The molecule has 0 aliphatic heterocycles. The topological polar surface area (TPSA) is 81.4 Å². The summed E-state index contributed by atoms with van der Waals surface area (Å²) < 4.78 is 38.4. The predicted molar refractivity (Wildman–Crippen MR) is 103 cm³/mol. The van der Waals surface area contributed by atoms with E-state index in [0.29, 0.717) is 30.4 Å². The number of aryl methyl sites for hydroxylation is 1. The summed E-state index contributed by atoms with van der Waals surface area (Å²) in [5.74, 6) is 1.87. The average Bonchev–Trinajstić information content (AvgIpc) is 3.04. The Balaban J connectivity index is 1.63. The summed E-state index contributed by atoms with van der Waals surface area (Å²) in [4.78, 5) is 4.69. The van der Waals surface area contributed by atoms with Crippen LogP contribution in [0, 0.1) is 6.92 Å². The highest BCUT2D eigenvalue weighted by molar-refractivity contribution is 7.89. The smallest absolute Gasteiger partial charge is 0.240 e. The Hall–Kier alpha value is -2.64. The van der Waals surface area contributed by atoms with Gasteiger partial charge in [0.25, 0.3) is 0 Å². The number of hydrogen-bond donors (Lipinski definition) is 1. The number of hydrogen-bond acceptors (Lipinski definition) is 5. The van der Waals surface area contributed by atoms with Gasteiger partial charge in [-0.15, -0.1) is 0 Å². The summed E-state index contributed by atoms with van der Waals surface area (Å²) in [5, 5.41) is 0. The molecule has 142 valence electrons. The van der Waals surface area contributed by atoms with E-state index in [-0.39, 0.29) is 11.4 Å². The van der Waals surface area contributed by atoms with Crippen molar-refractivity contribution in [1.29, 1.82) is 0 Å². The predicted octanol–water partition coefficient (Wildman–Crippen LogP) is 3.57. The van der Waals surface area contributed by atoms with E-state index < -0.39 is 10.0 Å². The number of aromatic nitrogens is 1. The van der Waals surface area contributed by atoms with Gasteiger partial charge in [0.2, 0.25) is 15.9 Å². The molecule has 1 heterocycles. The fourth-order valence-electron chi connectivity index (χ4n) is 2.63. The molecule has 0 amide bonds. The van der Waals surface area contributed by atoms with Crippen molar-refractivity contribution < 1.29 is 17.6 Å². The maximum atomic E-state index is 12.4. The van der Waals surface area contributed by atoms with Crippen LogP contribution in [0.4, 0.5) is 0 Å². The molecule has 0 bridgehead atoms. The quantitative estimate of drug-likeness (QED) is 0.640. The number of nitrogens with one attached hydrogen (secondary N) is 1. The van der Waals surface area contributed by atoms with Gasteiger partial charge in [0.15, 0.2) is 0 Å². The molecular formula is C20H22N2O4S. The molecule has 0 atom stereocenters. The van der Waals surface area contributed by atoms with E-state index in [9.17, 15) is 8.42 Å². The van der Waals surface area contributed by atoms with E-state index in [1.807, 2.05) is 44.2 Å². The highest BCUT2D eigenvalue weighted by atomic mass is 32.2. The summed E-state index contributed by atoms with van der Waals surface area (Å²) in [6, 6.07) is 15.9. The standard InChI is InChI=1S/C20H22N2O4S/c1-3-25-17-9-11-18(12-10-17)27(23,24)21-14-13-19-15(2)26-20(22-19)16-7-5-4-6-8-16/h4-12,21H,3,13-14H2,1-2H3. The first kappa shape index (κ1) is 19.1. The molecule has 0 aliphatic carbocycles. The minimum atomic E-state index is -3.58. The van der Waals surface area contributed by atoms with Gasteiger partial charge in [0.1, 0.15) is 11.5 Å². The SMILES string of the molecule is CCOc1ccc(S(=O)(=O)NCCc2nc(-c3ccccc3)oc2C)cc1. The molecule has 0 fully saturated rings. The molecule has 0 radical (unpaired) electrons. The lowest BCUT2D eigenvalue weighted by Gasteiger charge is -2.07. The van der Waals surface area contributed by atoms with Crippen molar-refractivity contribution in [3.05, 3.63) is 66.1 Å². The molecule has 3 rings (SSSR count). The number of sulfonamides is 1. The van der Waals surface area contributed by atoms with E-state index in [2.05, 4.69) is 9.71 Å². The molecule has 2 aromatic carbocycles. The van der Waals surface area contributed by atoms with Gasteiger partial charge in [-0.25, -0.2) is 18.1 Å². The Labute approximate surface area is 159 Å². The van der Waals surface area contributed by atoms with Crippen LogP contribution in [0.2, 0.25) is 0 Å². The van der Waals surface area contributed by atoms with E-state index in [0.717, 1.165) is 11.3 Å². The van der Waals surface area contributed by atoms with Gasteiger partial charge in [0, 0.05) is 18.5 Å². The van der Waals surface area contributed by atoms with Crippen molar-refractivity contribution in [1.82, 2.24) is 9.71 Å². The Morgan fingerprint density at radius 2 is 1.78 bits per heavy atom. The van der Waals surface area contributed by atoms with E-state index in [4.69, 9.17) is 9.15 Å². The molecule has 0 spiro atoms. The maximum absolute atomic E-state index is 12.4. The first-order valence-corrected chi connectivity index (χ1v) is 10.2. The lowest BCUT2D eigenvalue weighted by molar-refractivity contribution is 0.340. The van der Waals surface area contributed by atoms with E-state index in [1.165, 1.54) is 12.1 Å². The van der Waals surface area contributed by atoms with Gasteiger partial charge in [-0.3, -0.25) is 0 Å². The maximum Gasteiger partial charge on any atom is 0.240 e. The molecule has 0 aliphatic rings. The number of oxazole rings is 1. The highest BCUT2D eigenvalue weighted by Gasteiger charge is 2.15. The van der Waals surface area contributed by atoms with Gasteiger partial charge in [-0.1, -0.05) is 18.2 Å². The fraction of sp³-hybridized carbons (Fsp3) is 0.250. The second-order valence-electron chi connectivity index (χ2n) is 5.94. The van der Waals surface area contributed by atoms with Gasteiger partial charge in [0.05, 0.1) is 17.2 Å². The largest absolute Gasteiger partial charge is 0.494 e. The van der Waals surface area contributed by atoms with Crippen molar-refractivity contribution in [3.8, 4) is 17.2 Å². The summed E-state index contributed by atoms with van der Waals surface area (Å²) >= 11 is 0. The molecule has 0 saturated heterocycles. The van der Waals surface area contributed by atoms with Crippen LogP contribution in [0.5, 0.6) is 5.75 Å². The third-order valence-corrected chi connectivity index (χ3v) is 5.49. The summed E-state index contributed by atoms with van der Waals surface area (Å²) in [6.45, 7) is 4.47. The van der Waals surface area contributed by atoms with Crippen LogP contribution in [0.25, 0.3) is 11.5 Å². The number of ether oxygens (including phenoxy) is 1. The molecular weight excluding hydrogens is 364 g/mol.